The molecule has 60 valence electrons. The molecule has 1 aromatic rings. The monoisotopic (exact) mass is 189 g/mol. The normalized spacial score (nSPS) is 11.5. The second-order valence-electron chi connectivity index (χ2n) is 2.69. The number of hydrogen-bond donors (Lipinski definition) is 0. The van der Waals surface area contributed by atoms with Gasteiger partial charge in [-0.3, -0.25) is 0 Å². The minimum Gasteiger partial charge on any atom is -0.319 e. The summed E-state index contributed by atoms with van der Waals surface area (Å²) in [4.78, 5) is 3.84. The summed E-state index contributed by atoms with van der Waals surface area (Å²) >= 11 is 5.56. The quantitative estimate of drug-likeness (QED) is 0.500. The summed E-state index contributed by atoms with van der Waals surface area (Å²) in [6.07, 6.45) is 1.56. The molecule has 0 amide bonds. The zero-order valence-electron chi connectivity index (χ0n) is 6.41. The number of halogens is 1. The van der Waals surface area contributed by atoms with Crippen molar-refractivity contribution in [2.45, 2.75) is 0 Å². The molecule has 11 heavy (non-hydrogen) atoms. The number of pyridine rings is 1. The average Bonchev–Trinajstić information content (AvgIpc) is 1.86. The van der Waals surface area contributed by atoms with Crippen LogP contribution in [-0.2, 0) is 4.57 Å². The first-order valence-electron chi connectivity index (χ1n) is 3.17. The molecule has 0 saturated heterocycles. The van der Waals surface area contributed by atoms with Gasteiger partial charge in [-0.2, -0.15) is 0 Å². The number of nitrogens with zero attached hydrogens (tertiary/aromatic N) is 1. The van der Waals surface area contributed by atoms with Crippen molar-refractivity contribution in [2.24, 2.45) is 0 Å². The summed E-state index contributed by atoms with van der Waals surface area (Å²) in [6, 6.07) is 3.40. The predicted molar refractivity (Wildman–Crippen MR) is 48.3 cm³/mol. The van der Waals surface area contributed by atoms with Crippen molar-refractivity contribution in [3.8, 4) is 0 Å². The zero-order valence-corrected chi connectivity index (χ0v) is 8.06. The lowest BCUT2D eigenvalue weighted by Crippen LogP contribution is -2.02. The van der Waals surface area contributed by atoms with E-state index in [0.717, 1.165) is 5.30 Å². The molecule has 0 radical (unpaired) electrons. The van der Waals surface area contributed by atoms with Gasteiger partial charge in [-0.15, -0.1) is 0 Å². The molecule has 2 nitrogen and oxygen atoms in total. The zero-order chi connectivity index (χ0) is 8.48. The van der Waals surface area contributed by atoms with Gasteiger partial charge in [0.2, 0.25) is 0 Å². The van der Waals surface area contributed by atoms with Crippen LogP contribution in [0.15, 0.2) is 18.3 Å². The molecule has 1 aromatic heterocycles. The highest BCUT2D eigenvalue weighted by Crippen LogP contribution is 2.33. The highest BCUT2D eigenvalue weighted by Gasteiger charge is 2.10. The van der Waals surface area contributed by atoms with Gasteiger partial charge in [-0.25, -0.2) is 4.98 Å². The van der Waals surface area contributed by atoms with Crippen LogP contribution in [0.4, 0.5) is 0 Å². The van der Waals surface area contributed by atoms with E-state index in [1.807, 2.05) is 0 Å². The Morgan fingerprint density at radius 3 is 2.45 bits per heavy atom. The van der Waals surface area contributed by atoms with Crippen LogP contribution in [0.2, 0.25) is 5.15 Å². The Balaban J connectivity index is 3.09. The Bertz CT molecular complexity index is 290. The van der Waals surface area contributed by atoms with Crippen molar-refractivity contribution in [3.63, 3.8) is 0 Å². The van der Waals surface area contributed by atoms with E-state index in [9.17, 15) is 4.57 Å². The third kappa shape index (κ3) is 2.32. The van der Waals surface area contributed by atoms with Crippen molar-refractivity contribution in [2.75, 3.05) is 13.3 Å². The Morgan fingerprint density at radius 1 is 1.45 bits per heavy atom. The van der Waals surface area contributed by atoms with E-state index >= 15 is 0 Å². The van der Waals surface area contributed by atoms with Crippen LogP contribution in [0.25, 0.3) is 0 Å². The second kappa shape index (κ2) is 2.96. The summed E-state index contributed by atoms with van der Waals surface area (Å²) < 4.78 is 11.4. The van der Waals surface area contributed by atoms with Gasteiger partial charge in [0.05, 0.1) is 0 Å². The number of aromatic nitrogens is 1. The second-order valence-corrected chi connectivity index (χ2v) is 6.30. The van der Waals surface area contributed by atoms with Gasteiger partial charge in [0.25, 0.3) is 0 Å². The topological polar surface area (TPSA) is 30.0 Å². The van der Waals surface area contributed by atoms with Gasteiger partial charge in [0.15, 0.2) is 0 Å². The van der Waals surface area contributed by atoms with Crippen molar-refractivity contribution in [1.29, 1.82) is 0 Å². The number of rotatable bonds is 1. The average molecular weight is 190 g/mol. The summed E-state index contributed by atoms with van der Waals surface area (Å²) in [6.45, 7) is 3.41. The van der Waals surface area contributed by atoms with Gasteiger partial charge in [0.1, 0.15) is 12.3 Å². The van der Waals surface area contributed by atoms with E-state index in [1.54, 1.807) is 31.7 Å². The Kier molecular flexibility index (Phi) is 2.36. The summed E-state index contributed by atoms with van der Waals surface area (Å²) in [5.41, 5.74) is 0. The van der Waals surface area contributed by atoms with E-state index in [2.05, 4.69) is 4.98 Å². The van der Waals surface area contributed by atoms with Crippen LogP contribution in [0.3, 0.4) is 0 Å². The standard InChI is InChI=1S/C7H9ClNOP/c1-11(2,10)6-3-4-7(8)9-5-6/h3-5H,1-2H3. The summed E-state index contributed by atoms with van der Waals surface area (Å²) in [5, 5.41) is 1.20. The minimum atomic E-state index is -2.16. The summed E-state index contributed by atoms with van der Waals surface area (Å²) in [5.74, 6) is 0. The fraction of sp³-hybridized carbons (Fsp3) is 0.286. The SMILES string of the molecule is CP(C)(=O)c1ccc(Cl)nc1. The maximum atomic E-state index is 11.4. The van der Waals surface area contributed by atoms with Crippen LogP contribution in [-0.4, -0.2) is 18.3 Å². The molecule has 0 atom stereocenters. The van der Waals surface area contributed by atoms with Crippen LogP contribution >= 0.6 is 18.7 Å². The van der Waals surface area contributed by atoms with Gasteiger partial charge >= 0.3 is 0 Å². The molecule has 0 saturated carbocycles. The van der Waals surface area contributed by atoms with Crippen LogP contribution < -0.4 is 5.30 Å². The molecule has 0 aliphatic carbocycles. The van der Waals surface area contributed by atoms with Crippen molar-refractivity contribution < 1.29 is 4.57 Å². The maximum Gasteiger partial charge on any atom is 0.129 e. The van der Waals surface area contributed by atoms with E-state index in [4.69, 9.17) is 11.6 Å². The molecule has 1 rings (SSSR count). The largest absolute Gasteiger partial charge is 0.319 e. The lowest BCUT2D eigenvalue weighted by Gasteiger charge is -2.04. The van der Waals surface area contributed by atoms with Gasteiger partial charge in [-0.1, -0.05) is 11.6 Å². The van der Waals surface area contributed by atoms with E-state index in [1.165, 1.54) is 0 Å². The Hall–Kier alpha value is -0.330. The molecule has 0 aliphatic rings. The predicted octanol–water partition coefficient (Wildman–Crippen LogP) is 1.98. The molecule has 0 aromatic carbocycles. The lowest BCUT2D eigenvalue weighted by molar-refractivity contribution is 0.588. The molecule has 4 heteroatoms. The molecular weight excluding hydrogens is 181 g/mol. The van der Waals surface area contributed by atoms with E-state index in [0.29, 0.717) is 5.15 Å². The van der Waals surface area contributed by atoms with Gasteiger partial charge in [0, 0.05) is 11.5 Å². The Labute approximate surface area is 71.0 Å². The third-order valence-electron chi connectivity index (χ3n) is 1.33. The molecule has 0 unspecified atom stereocenters. The third-order valence-corrected chi connectivity index (χ3v) is 3.07. The smallest absolute Gasteiger partial charge is 0.129 e. The van der Waals surface area contributed by atoms with Gasteiger partial charge < -0.3 is 4.57 Å². The first-order chi connectivity index (χ1) is 5.00. The highest BCUT2D eigenvalue weighted by molar-refractivity contribution is 7.70. The first-order valence-corrected chi connectivity index (χ1v) is 6.15. The molecule has 0 N–H and O–H groups in total. The van der Waals surface area contributed by atoms with Crippen molar-refractivity contribution >= 4 is 24.0 Å². The van der Waals surface area contributed by atoms with Crippen molar-refractivity contribution in [3.05, 3.63) is 23.5 Å². The summed E-state index contributed by atoms with van der Waals surface area (Å²) in [7, 11) is -2.16. The molecule has 0 aliphatic heterocycles. The van der Waals surface area contributed by atoms with Gasteiger partial charge in [-0.05, 0) is 25.5 Å². The van der Waals surface area contributed by atoms with Crippen LogP contribution in [0.1, 0.15) is 0 Å². The van der Waals surface area contributed by atoms with Crippen molar-refractivity contribution in [1.82, 2.24) is 4.98 Å². The molecule has 0 spiro atoms. The first kappa shape index (κ1) is 8.76. The van der Waals surface area contributed by atoms with Crippen LogP contribution in [0, 0.1) is 0 Å². The fourth-order valence-electron chi connectivity index (χ4n) is 0.687. The molecule has 0 fully saturated rings. The Morgan fingerprint density at radius 2 is 2.09 bits per heavy atom. The fourth-order valence-corrected chi connectivity index (χ4v) is 1.57. The molecule has 0 bridgehead atoms. The molecule has 1 heterocycles. The molecular formula is C7H9ClNOP. The lowest BCUT2D eigenvalue weighted by atomic mass is 10.5. The highest BCUT2D eigenvalue weighted by atomic mass is 35.5. The minimum absolute atomic E-state index is 0.433. The van der Waals surface area contributed by atoms with E-state index < -0.39 is 7.14 Å². The van der Waals surface area contributed by atoms with E-state index in [-0.39, 0.29) is 0 Å². The van der Waals surface area contributed by atoms with Crippen LogP contribution in [0.5, 0.6) is 0 Å². The number of hydrogen-bond acceptors (Lipinski definition) is 2. The maximum absolute atomic E-state index is 11.4.